The molecule has 2 aromatic rings. The van der Waals surface area contributed by atoms with Crippen LogP contribution >= 0.6 is 0 Å². The number of rotatable bonds is 10. The van der Waals surface area contributed by atoms with Crippen LogP contribution in [0.15, 0.2) is 48.5 Å². The van der Waals surface area contributed by atoms with Gasteiger partial charge in [0, 0.05) is 0 Å². The van der Waals surface area contributed by atoms with Crippen molar-refractivity contribution in [2.24, 2.45) is 5.92 Å². The molecule has 2 aromatic carbocycles. The summed E-state index contributed by atoms with van der Waals surface area (Å²) < 4.78 is 69.6. The van der Waals surface area contributed by atoms with Crippen molar-refractivity contribution >= 4 is 5.91 Å². The predicted molar refractivity (Wildman–Crippen MR) is 126 cm³/mol. The number of nitriles is 1. The van der Waals surface area contributed by atoms with Gasteiger partial charge in [0.25, 0.3) is 0 Å². The van der Waals surface area contributed by atoms with Gasteiger partial charge < -0.3 is 10.4 Å². The third-order valence-electron chi connectivity index (χ3n) is 5.64. The van der Waals surface area contributed by atoms with Crippen LogP contribution in [-0.4, -0.2) is 35.7 Å². The molecule has 5 nitrogen and oxygen atoms in total. The maximum Gasteiger partial charge on any atom is 0.455 e. The lowest BCUT2D eigenvalue weighted by Crippen LogP contribution is -2.54. The van der Waals surface area contributed by atoms with Gasteiger partial charge in [0.15, 0.2) is 0 Å². The maximum atomic E-state index is 14.7. The van der Waals surface area contributed by atoms with Gasteiger partial charge in [0.2, 0.25) is 5.91 Å². The highest BCUT2D eigenvalue weighted by Gasteiger charge is 2.63. The molecule has 0 radical (unpaired) electrons. The third-order valence-corrected chi connectivity index (χ3v) is 5.64. The second-order valence-electron chi connectivity index (χ2n) is 9.54. The zero-order chi connectivity index (χ0) is 27.3. The van der Waals surface area contributed by atoms with Gasteiger partial charge >= 0.3 is 12.1 Å². The van der Waals surface area contributed by atoms with Gasteiger partial charge in [-0.25, -0.2) is 0 Å². The Morgan fingerprint density at radius 1 is 0.972 bits per heavy atom. The van der Waals surface area contributed by atoms with E-state index in [4.69, 9.17) is 5.26 Å². The molecule has 2 rings (SSSR count). The summed E-state index contributed by atoms with van der Waals surface area (Å²) in [6.45, 7) is 6.23. The number of carbonyl (C=O) groups excluding carboxylic acids is 1. The number of hydrogen-bond donors (Lipinski definition) is 3. The second kappa shape index (κ2) is 11.4. The first-order valence-corrected chi connectivity index (χ1v) is 11.4. The molecule has 0 aliphatic rings. The Morgan fingerprint density at radius 3 is 1.89 bits per heavy atom. The average molecular weight is 512 g/mol. The Hall–Kier alpha value is -3.03. The first-order valence-electron chi connectivity index (χ1n) is 11.4. The highest BCUT2D eigenvalue weighted by molar-refractivity contribution is 5.82. The van der Waals surface area contributed by atoms with Crippen LogP contribution in [0.5, 0.6) is 0 Å². The number of benzene rings is 2. The van der Waals surface area contributed by atoms with Crippen LogP contribution in [0.4, 0.5) is 22.0 Å². The quantitative estimate of drug-likeness (QED) is 0.292. The van der Waals surface area contributed by atoms with E-state index in [0.717, 1.165) is 12.1 Å². The van der Waals surface area contributed by atoms with Crippen LogP contribution in [0.1, 0.15) is 51.3 Å². The summed E-state index contributed by atoms with van der Waals surface area (Å²) in [5.74, 6) is -6.23. The highest BCUT2D eigenvalue weighted by atomic mass is 19.4. The van der Waals surface area contributed by atoms with Crippen molar-refractivity contribution in [2.45, 2.75) is 63.9 Å². The predicted octanol–water partition coefficient (Wildman–Crippen LogP) is 5.46. The normalized spacial score (nSPS) is 14.3. The van der Waals surface area contributed by atoms with Crippen molar-refractivity contribution in [3.8, 4) is 17.2 Å². The Bertz CT molecular complexity index is 1050. The van der Waals surface area contributed by atoms with E-state index < -0.39 is 42.2 Å². The average Bonchev–Trinajstić information content (AvgIpc) is 2.78. The van der Waals surface area contributed by atoms with E-state index in [-0.39, 0.29) is 17.9 Å². The molecule has 1 amide bonds. The van der Waals surface area contributed by atoms with E-state index >= 15 is 0 Å². The van der Waals surface area contributed by atoms with E-state index in [2.05, 4.69) is 10.6 Å². The molecule has 0 heterocycles. The SMILES string of the molecule is CC(C)C[C@H](N[C@@H](c1ccc(-c2ccc(C(C)(C)O)cc2)cc1)C(F)(F)C(F)(F)F)C(=O)NCC#N. The Balaban J connectivity index is 2.44. The summed E-state index contributed by atoms with van der Waals surface area (Å²) in [6.07, 6.45) is -5.89. The minimum Gasteiger partial charge on any atom is -0.386 e. The van der Waals surface area contributed by atoms with Gasteiger partial charge in [0.05, 0.1) is 17.7 Å². The van der Waals surface area contributed by atoms with Crippen molar-refractivity contribution in [2.75, 3.05) is 6.54 Å². The number of halogens is 5. The molecule has 0 fully saturated rings. The molecule has 196 valence electrons. The number of carbonyl (C=O) groups is 1. The summed E-state index contributed by atoms with van der Waals surface area (Å²) in [7, 11) is 0. The van der Waals surface area contributed by atoms with Gasteiger partial charge in [-0.05, 0) is 48.4 Å². The number of amides is 1. The molecule has 10 heteroatoms. The van der Waals surface area contributed by atoms with Crippen molar-refractivity contribution in [1.82, 2.24) is 10.6 Å². The Kier molecular flexibility index (Phi) is 9.21. The van der Waals surface area contributed by atoms with Gasteiger partial charge in [-0.1, -0.05) is 62.4 Å². The molecule has 0 saturated heterocycles. The number of nitrogens with zero attached hydrogens (tertiary/aromatic N) is 1. The van der Waals surface area contributed by atoms with Gasteiger partial charge in [0.1, 0.15) is 12.6 Å². The van der Waals surface area contributed by atoms with E-state index in [9.17, 15) is 31.9 Å². The number of nitrogens with one attached hydrogen (secondary N) is 2. The number of aliphatic hydroxyl groups is 1. The summed E-state index contributed by atoms with van der Waals surface area (Å²) in [6, 6.07) is 9.73. The van der Waals surface area contributed by atoms with Gasteiger partial charge in [-0.3, -0.25) is 10.1 Å². The molecule has 0 aliphatic carbocycles. The lowest BCUT2D eigenvalue weighted by molar-refractivity contribution is -0.295. The molecule has 0 aliphatic heterocycles. The number of hydrogen-bond acceptors (Lipinski definition) is 4. The highest BCUT2D eigenvalue weighted by Crippen LogP contribution is 2.45. The molecular formula is C26H30F5N3O2. The first kappa shape index (κ1) is 29.2. The largest absolute Gasteiger partial charge is 0.455 e. The molecule has 0 aromatic heterocycles. The second-order valence-corrected chi connectivity index (χ2v) is 9.54. The van der Waals surface area contributed by atoms with Crippen LogP contribution < -0.4 is 10.6 Å². The van der Waals surface area contributed by atoms with Gasteiger partial charge in [-0.15, -0.1) is 0 Å². The summed E-state index contributed by atoms with van der Waals surface area (Å²) in [5, 5.41) is 23.2. The smallest absolute Gasteiger partial charge is 0.386 e. The Labute approximate surface area is 207 Å². The standard InChI is InChI=1S/C26H30F5N3O2/c1-16(2)15-21(23(35)33-14-13-32)34-22(25(27,28)26(29,30)31)19-7-5-17(6-8-19)18-9-11-20(12-10-18)24(3,4)36/h5-12,16,21-22,34,36H,14-15H2,1-4H3,(H,33,35)/t21-,22-/m0/s1. The van der Waals surface area contributed by atoms with Gasteiger partial charge in [-0.2, -0.15) is 27.2 Å². The van der Waals surface area contributed by atoms with E-state index in [1.54, 1.807) is 58.0 Å². The van der Waals surface area contributed by atoms with Crippen molar-refractivity contribution in [1.29, 1.82) is 5.26 Å². The maximum absolute atomic E-state index is 14.7. The van der Waals surface area contributed by atoms with Crippen molar-refractivity contribution in [3.05, 3.63) is 59.7 Å². The third kappa shape index (κ3) is 7.24. The van der Waals surface area contributed by atoms with Crippen LogP contribution in [0.3, 0.4) is 0 Å². The summed E-state index contributed by atoms with van der Waals surface area (Å²) in [4.78, 5) is 12.4. The summed E-state index contributed by atoms with van der Waals surface area (Å²) >= 11 is 0. The molecule has 36 heavy (non-hydrogen) atoms. The molecular weight excluding hydrogens is 481 g/mol. The van der Waals surface area contributed by atoms with E-state index in [1.165, 1.54) is 12.1 Å². The minimum absolute atomic E-state index is 0.0205. The van der Waals surface area contributed by atoms with Crippen LogP contribution in [0.2, 0.25) is 0 Å². The fraction of sp³-hybridized carbons (Fsp3) is 0.462. The minimum atomic E-state index is -5.87. The fourth-order valence-electron chi connectivity index (χ4n) is 3.69. The molecule has 3 N–H and O–H groups in total. The van der Waals surface area contributed by atoms with Crippen LogP contribution in [0, 0.1) is 17.2 Å². The van der Waals surface area contributed by atoms with Crippen molar-refractivity contribution in [3.63, 3.8) is 0 Å². The molecule has 2 atom stereocenters. The monoisotopic (exact) mass is 511 g/mol. The van der Waals surface area contributed by atoms with E-state index in [1.807, 2.05) is 0 Å². The lowest BCUT2D eigenvalue weighted by Gasteiger charge is -2.33. The molecule has 0 unspecified atom stereocenters. The summed E-state index contributed by atoms with van der Waals surface area (Å²) in [5.41, 5.74) is 0.492. The molecule has 0 saturated carbocycles. The van der Waals surface area contributed by atoms with Crippen molar-refractivity contribution < 1.29 is 31.9 Å². The molecule has 0 bridgehead atoms. The molecule has 0 spiro atoms. The van der Waals surface area contributed by atoms with Crippen LogP contribution in [-0.2, 0) is 10.4 Å². The van der Waals surface area contributed by atoms with E-state index in [0.29, 0.717) is 16.7 Å². The van der Waals surface area contributed by atoms with Crippen LogP contribution in [0.25, 0.3) is 11.1 Å². The Morgan fingerprint density at radius 2 is 1.47 bits per heavy atom. The first-order chi connectivity index (χ1) is 16.6. The zero-order valence-corrected chi connectivity index (χ0v) is 20.5. The topological polar surface area (TPSA) is 85.2 Å². The lowest BCUT2D eigenvalue weighted by atomic mass is 9.93. The zero-order valence-electron chi connectivity index (χ0n) is 20.5. The fourth-order valence-corrected chi connectivity index (χ4v) is 3.69. The number of alkyl halides is 5.